The lowest BCUT2D eigenvalue weighted by atomic mass is 10.0. The van der Waals surface area contributed by atoms with Crippen LogP contribution in [0.1, 0.15) is 36.8 Å². The van der Waals surface area contributed by atoms with E-state index in [1.807, 2.05) is 0 Å². The van der Waals surface area contributed by atoms with E-state index in [4.69, 9.17) is 0 Å². The summed E-state index contributed by atoms with van der Waals surface area (Å²) in [6, 6.07) is 4.62. The van der Waals surface area contributed by atoms with Gasteiger partial charge in [0.1, 0.15) is 0 Å². The Morgan fingerprint density at radius 1 is 0.917 bits per heavy atom. The smallest absolute Gasteiger partial charge is 0.426 e. The first-order valence-corrected chi connectivity index (χ1v) is 11.8. The first-order chi connectivity index (χ1) is 16.8. The third kappa shape index (κ3) is 5.97. The van der Waals surface area contributed by atoms with Gasteiger partial charge in [-0.15, -0.1) is 0 Å². The van der Waals surface area contributed by atoms with Crippen LogP contribution in [0.4, 0.5) is 45.6 Å². The Morgan fingerprint density at radius 2 is 1.50 bits per heavy atom. The van der Waals surface area contributed by atoms with Crippen molar-refractivity contribution in [1.29, 1.82) is 0 Å². The van der Waals surface area contributed by atoms with E-state index in [-0.39, 0.29) is 30.5 Å². The minimum absolute atomic E-state index is 0.00820. The molecule has 0 aromatic heterocycles. The van der Waals surface area contributed by atoms with Gasteiger partial charge in [0.2, 0.25) is 0 Å². The fourth-order valence-electron chi connectivity index (χ4n) is 5.38. The Hall–Kier alpha value is -2.31. The van der Waals surface area contributed by atoms with Crippen molar-refractivity contribution in [1.82, 2.24) is 9.80 Å². The molecule has 3 aliphatic rings. The van der Waals surface area contributed by atoms with Gasteiger partial charge in [0, 0.05) is 57.1 Å². The van der Waals surface area contributed by atoms with Crippen molar-refractivity contribution in [3.63, 3.8) is 0 Å². The van der Waals surface area contributed by atoms with Crippen molar-refractivity contribution in [3.8, 4) is 0 Å². The van der Waals surface area contributed by atoms with Gasteiger partial charge in [0.15, 0.2) is 0 Å². The van der Waals surface area contributed by atoms with Crippen molar-refractivity contribution in [2.24, 2.45) is 11.8 Å². The maximum atomic E-state index is 13.3. The molecule has 0 N–H and O–H groups in total. The van der Waals surface area contributed by atoms with E-state index in [1.165, 1.54) is 12.1 Å². The van der Waals surface area contributed by atoms with E-state index >= 15 is 0 Å². The Kier molecular flexibility index (Phi) is 7.59. The zero-order valence-corrected chi connectivity index (χ0v) is 19.3. The first-order valence-electron chi connectivity index (χ1n) is 11.8. The van der Waals surface area contributed by atoms with Crippen LogP contribution >= 0.6 is 0 Å². The van der Waals surface area contributed by atoms with Crippen LogP contribution in [0.3, 0.4) is 0 Å². The molecule has 1 amide bonds. The van der Waals surface area contributed by atoms with Crippen molar-refractivity contribution >= 4 is 11.8 Å². The van der Waals surface area contributed by atoms with Gasteiger partial charge in [-0.2, -0.15) is 26.3 Å². The number of halogens is 8. The average molecular weight is 529 g/mol. The van der Waals surface area contributed by atoms with Crippen LogP contribution in [0.15, 0.2) is 18.2 Å². The minimum Gasteiger partial charge on any atom is -0.426 e. The Balaban J connectivity index is 1.38. The Morgan fingerprint density at radius 3 is 2.03 bits per heavy atom. The van der Waals surface area contributed by atoms with Gasteiger partial charge in [0.05, 0.1) is 0 Å². The number of hydrogen-bond acceptors (Lipinski definition) is 4. The molecule has 0 radical (unpaired) electrons. The van der Waals surface area contributed by atoms with Gasteiger partial charge >= 0.3 is 18.4 Å². The molecule has 0 saturated carbocycles. The number of carbonyl (C=O) groups excluding carboxylic acids is 1. The minimum atomic E-state index is -5.76. The first kappa shape index (κ1) is 26.7. The molecule has 2 atom stereocenters. The molecular formula is C23H27F8N3O2. The molecule has 13 heteroatoms. The van der Waals surface area contributed by atoms with Crippen molar-refractivity contribution < 1.29 is 44.7 Å². The van der Waals surface area contributed by atoms with Crippen molar-refractivity contribution in [2.75, 3.05) is 44.2 Å². The molecule has 0 spiro atoms. The summed E-state index contributed by atoms with van der Waals surface area (Å²) in [6.45, 7) is 2.96. The number of carbonyl (C=O) groups is 1. The standard InChI is InChI=1S/C23H27F8N3O2/c24-19(25)14-4-5-15(18(8-14)33-6-2-1-3-7-33)9-32-10-16-12-34(13-17(16)11-32)21(35)36-20(22(26,27)28)23(29,30)31/h4-5,8,16-17,19-20H,1-3,6-7,9-13H2. The highest BCUT2D eigenvalue weighted by atomic mass is 19.4. The number of fused-ring (bicyclic) bond motifs is 1. The van der Waals surface area contributed by atoms with Crippen molar-refractivity contribution in [2.45, 2.75) is 50.7 Å². The van der Waals surface area contributed by atoms with Gasteiger partial charge in [-0.05, 0) is 42.7 Å². The van der Waals surface area contributed by atoms with Crippen LogP contribution in [0.5, 0.6) is 0 Å². The summed E-state index contributed by atoms with van der Waals surface area (Å²) in [5.74, 6) is -0.266. The lowest BCUT2D eigenvalue weighted by molar-refractivity contribution is -0.308. The van der Waals surface area contributed by atoms with Crippen LogP contribution in [0.2, 0.25) is 0 Å². The second kappa shape index (κ2) is 10.2. The van der Waals surface area contributed by atoms with Gasteiger partial charge < -0.3 is 14.5 Å². The van der Waals surface area contributed by atoms with Crippen molar-refractivity contribution in [3.05, 3.63) is 29.3 Å². The summed E-state index contributed by atoms with van der Waals surface area (Å²) >= 11 is 0. The summed E-state index contributed by atoms with van der Waals surface area (Å²) in [5.41, 5.74) is 1.60. The number of alkyl halides is 8. The van der Waals surface area contributed by atoms with Crippen LogP contribution in [-0.2, 0) is 11.3 Å². The summed E-state index contributed by atoms with van der Waals surface area (Å²) in [6.07, 6.45) is -16.9. The number of amides is 1. The maximum absolute atomic E-state index is 13.3. The van der Waals surface area contributed by atoms with Gasteiger partial charge in [0.25, 0.3) is 12.5 Å². The molecule has 3 aliphatic heterocycles. The lowest BCUT2D eigenvalue weighted by Crippen LogP contribution is -2.48. The zero-order chi connectivity index (χ0) is 26.3. The number of likely N-dealkylation sites (tertiary alicyclic amines) is 2. The molecule has 36 heavy (non-hydrogen) atoms. The van der Waals surface area contributed by atoms with Crippen LogP contribution in [-0.4, -0.2) is 73.6 Å². The van der Waals surface area contributed by atoms with E-state index in [0.29, 0.717) is 19.6 Å². The molecular weight excluding hydrogens is 502 g/mol. The van der Waals surface area contributed by atoms with Gasteiger partial charge in [-0.3, -0.25) is 4.90 Å². The Bertz CT molecular complexity index is 905. The zero-order valence-electron chi connectivity index (χ0n) is 19.3. The molecule has 4 rings (SSSR count). The van der Waals surface area contributed by atoms with Crippen LogP contribution in [0.25, 0.3) is 0 Å². The molecule has 2 unspecified atom stereocenters. The fraction of sp³-hybridized carbons (Fsp3) is 0.696. The van der Waals surface area contributed by atoms with Crippen LogP contribution in [0, 0.1) is 11.8 Å². The molecule has 3 fully saturated rings. The highest BCUT2D eigenvalue weighted by molar-refractivity contribution is 5.68. The molecule has 1 aromatic rings. The van der Waals surface area contributed by atoms with Gasteiger partial charge in [-0.25, -0.2) is 13.6 Å². The molecule has 3 saturated heterocycles. The summed E-state index contributed by atoms with van der Waals surface area (Å²) in [5, 5.41) is 0. The fourth-order valence-corrected chi connectivity index (χ4v) is 5.38. The average Bonchev–Trinajstić information content (AvgIpc) is 3.35. The summed E-state index contributed by atoms with van der Waals surface area (Å²) < 4.78 is 107. The third-order valence-electron chi connectivity index (χ3n) is 7.09. The number of rotatable bonds is 5. The summed E-state index contributed by atoms with van der Waals surface area (Å²) in [7, 11) is 0. The van der Waals surface area contributed by atoms with E-state index in [0.717, 1.165) is 48.5 Å². The van der Waals surface area contributed by atoms with E-state index in [1.54, 1.807) is 6.07 Å². The topological polar surface area (TPSA) is 36.0 Å². The van der Waals surface area contributed by atoms with Gasteiger partial charge in [-0.1, -0.05) is 12.1 Å². The molecule has 0 aliphatic carbocycles. The second-order valence-corrected chi connectivity index (χ2v) is 9.70. The summed E-state index contributed by atoms with van der Waals surface area (Å²) in [4.78, 5) is 17.2. The number of nitrogens with zero attached hydrogens (tertiary/aromatic N) is 3. The number of benzene rings is 1. The van der Waals surface area contributed by atoms with E-state index in [2.05, 4.69) is 14.5 Å². The normalized spacial score (nSPS) is 23.6. The second-order valence-electron chi connectivity index (χ2n) is 9.70. The number of hydrogen-bond donors (Lipinski definition) is 0. The largest absolute Gasteiger partial charge is 0.434 e. The molecule has 5 nitrogen and oxygen atoms in total. The molecule has 3 heterocycles. The Labute approximate surface area is 202 Å². The highest BCUT2D eigenvalue weighted by Gasteiger charge is 2.60. The quantitative estimate of drug-likeness (QED) is 0.465. The predicted octanol–water partition coefficient (Wildman–Crippen LogP) is 5.61. The number of ether oxygens (including phenoxy) is 1. The molecule has 202 valence electrons. The lowest BCUT2D eigenvalue weighted by Gasteiger charge is -2.32. The maximum Gasteiger partial charge on any atom is 0.434 e. The molecule has 0 bridgehead atoms. The van der Waals surface area contributed by atoms with Crippen LogP contribution < -0.4 is 4.90 Å². The highest BCUT2D eigenvalue weighted by Crippen LogP contribution is 2.38. The monoisotopic (exact) mass is 529 g/mol. The number of piperidine rings is 1. The van der Waals surface area contributed by atoms with E-state index in [9.17, 15) is 39.9 Å². The molecule has 1 aromatic carbocycles. The SMILES string of the molecule is O=C(OC(C(F)(F)F)C(F)(F)F)N1CC2CN(Cc3ccc(C(F)F)cc3N3CCCCC3)CC2C1. The van der Waals surface area contributed by atoms with E-state index < -0.39 is 31.0 Å². The third-order valence-corrected chi connectivity index (χ3v) is 7.09. The predicted molar refractivity (Wildman–Crippen MR) is 114 cm³/mol. The number of anilines is 1.